The van der Waals surface area contributed by atoms with Crippen LogP contribution in [0.5, 0.6) is 0 Å². The molecule has 0 atom stereocenters. The normalized spacial score (nSPS) is 12.5. The van der Waals surface area contributed by atoms with Crippen molar-refractivity contribution in [3.63, 3.8) is 0 Å². The molecule has 0 bridgehead atoms. The van der Waals surface area contributed by atoms with Crippen molar-refractivity contribution < 1.29 is 27.9 Å². The molecule has 0 saturated carbocycles. The van der Waals surface area contributed by atoms with Crippen LogP contribution in [0.1, 0.15) is 0 Å². The van der Waals surface area contributed by atoms with Crippen LogP contribution in [0.2, 0.25) is 39.3 Å². The first kappa shape index (κ1) is 15.4. The molecule has 0 aliphatic carbocycles. The van der Waals surface area contributed by atoms with Crippen LogP contribution in [0.15, 0.2) is 0 Å². The molecule has 0 rings (SSSR count). The molecular weight excluding hydrogens is 181 g/mol. The predicted octanol–water partition coefficient (Wildman–Crippen LogP) is -0.103. The van der Waals surface area contributed by atoms with Gasteiger partial charge in [0.15, 0.2) is 16.6 Å². The monoisotopic (exact) mass is 199 g/mol. The van der Waals surface area contributed by atoms with E-state index in [-0.39, 0.29) is 18.9 Å². The summed E-state index contributed by atoms with van der Waals surface area (Å²) in [5.41, 5.74) is 3.64. The van der Waals surface area contributed by atoms with Crippen molar-refractivity contribution in [1.29, 1.82) is 0 Å². The Hall–Kier alpha value is 0.911. The van der Waals surface area contributed by atoms with Gasteiger partial charge in [-0.05, 0) is 39.3 Å². The molecule has 0 fully saturated rings. The van der Waals surface area contributed by atoms with E-state index in [1.165, 1.54) is 0 Å². The van der Waals surface area contributed by atoms with Crippen LogP contribution in [-0.2, 0) is 9.05 Å². The van der Waals surface area contributed by atoms with Crippen molar-refractivity contribution in [2.24, 2.45) is 0 Å². The van der Waals surface area contributed by atoms with Gasteiger partial charge in [0, 0.05) is 0 Å². The molecule has 3 nitrogen and oxygen atoms in total. The van der Waals surface area contributed by atoms with Gasteiger partial charge in [0.25, 0.3) is 0 Å². The zero-order valence-corrected chi connectivity index (χ0v) is 11.3. The van der Waals surface area contributed by atoms with E-state index in [4.69, 9.17) is 9.05 Å². The molecule has 0 radical (unpaired) electrons. The van der Waals surface area contributed by atoms with Crippen molar-refractivity contribution in [2.45, 2.75) is 39.3 Å². The van der Waals surface area contributed by atoms with Crippen LogP contribution in [0.4, 0.5) is 0 Å². The maximum Gasteiger partial charge on any atom is 1.00 e. The third-order valence-corrected chi connectivity index (χ3v) is 1.87. The van der Waals surface area contributed by atoms with Gasteiger partial charge in [-0.1, -0.05) is 0 Å². The number of hydrogen-bond acceptors (Lipinski definition) is 2. The minimum atomic E-state index is -1.53. The quantitative estimate of drug-likeness (QED) is 0.468. The molecule has 68 valence electrons. The van der Waals surface area contributed by atoms with Crippen LogP contribution in [0.25, 0.3) is 5.64 Å². The van der Waals surface area contributed by atoms with Crippen LogP contribution < -0.4 is 18.9 Å². The van der Waals surface area contributed by atoms with Crippen LogP contribution in [0.3, 0.4) is 0 Å². The van der Waals surface area contributed by atoms with Crippen molar-refractivity contribution >= 4 is 16.6 Å². The minimum absolute atomic E-state index is 0. The van der Waals surface area contributed by atoms with E-state index in [9.17, 15) is 0 Å². The molecule has 0 aromatic rings. The van der Waals surface area contributed by atoms with E-state index >= 15 is 0 Å². The maximum absolute atomic E-state index is 5.18. The Balaban J connectivity index is 0. The third kappa shape index (κ3) is 13.5. The fourth-order valence-electron chi connectivity index (χ4n) is 0.242. The van der Waals surface area contributed by atoms with E-state index in [1.54, 1.807) is 0 Å². The third-order valence-electron chi connectivity index (χ3n) is 0.622. The summed E-state index contributed by atoms with van der Waals surface area (Å²) in [6, 6.07) is 0. The molecule has 0 aliphatic heterocycles. The van der Waals surface area contributed by atoms with E-state index < -0.39 is 16.6 Å². The summed E-state index contributed by atoms with van der Waals surface area (Å²) in [5, 5.41) is 0. The van der Waals surface area contributed by atoms with Gasteiger partial charge < -0.3 is 14.7 Å². The Morgan fingerprint density at radius 1 is 0.750 bits per heavy atom. The molecule has 0 spiro atoms. The Kier molecular flexibility index (Phi) is 7.18. The second-order valence-corrected chi connectivity index (χ2v) is 13.3. The molecule has 12 heavy (non-hydrogen) atoms. The zero-order chi connectivity index (χ0) is 9.12. The van der Waals surface area contributed by atoms with E-state index in [1.807, 2.05) is 0 Å². The summed E-state index contributed by atoms with van der Waals surface area (Å²) in [6.07, 6.45) is 0. The van der Waals surface area contributed by atoms with Gasteiger partial charge in [0.05, 0.1) is 0 Å². The van der Waals surface area contributed by atoms with Gasteiger partial charge in [-0.2, -0.15) is 0 Å². The average molecular weight is 199 g/mol. The zero-order valence-electron chi connectivity index (χ0n) is 9.26. The molecule has 0 aromatic heterocycles. The van der Waals surface area contributed by atoms with Gasteiger partial charge in [0.2, 0.25) is 0 Å². The summed E-state index contributed by atoms with van der Waals surface area (Å²) in [4.78, 5) is 0. The molecule has 0 saturated heterocycles. The topological polar surface area (TPSA) is 32.6 Å². The molecule has 0 N–H and O–H groups in total. The first-order valence-corrected chi connectivity index (χ1v) is 10.6. The van der Waals surface area contributed by atoms with Gasteiger partial charge >= 0.3 is 18.9 Å². The van der Waals surface area contributed by atoms with Crippen molar-refractivity contribution in [1.82, 2.24) is 0 Å². The van der Waals surface area contributed by atoms with Gasteiger partial charge in [-0.25, -0.2) is 0 Å². The second-order valence-electron chi connectivity index (χ2n) is 4.48. The first-order chi connectivity index (χ1) is 4.71. The first-order valence-electron chi connectivity index (χ1n) is 3.77. The van der Waals surface area contributed by atoms with Gasteiger partial charge in [-0.3, -0.25) is 0 Å². The Morgan fingerprint density at radius 2 is 1.00 bits per heavy atom. The molecule has 0 unspecified atom stereocenters. The molecule has 0 aliphatic rings. The summed E-state index contributed by atoms with van der Waals surface area (Å²) < 4.78 is 10.4. The Bertz CT molecular complexity index is 108. The maximum atomic E-state index is 5.18. The van der Waals surface area contributed by atoms with Crippen LogP contribution in [-0.4, -0.2) is 16.6 Å². The number of nitrogens with zero attached hydrogens (tertiary/aromatic N) is 1. The molecule has 6 heteroatoms. The number of rotatable bonds is 4. The minimum Gasteiger partial charge on any atom is -0.505 e. The molecular formula is C6H18LiNO2Si2. The largest absolute Gasteiger partial charge is 1.00 e. The SMILES string of the molecule is C[Si](C)(C)O[N-]O[Si](C)(C)C.[Li+]. The smallest absolute Gasteiger partial charge is 0.505 e. The van der Waals surface area contributed by atoms with Crippen molar-refractivity contribution in [3.05, 3.63) is 5.64 Å². The van der Waals surface area contributed by atoms with Crippen molar-refractivity contribution in [3.8, 4) is 0 Å². The van der Waals surface area contributed by atoms with Gasteiger partial charge in [-0.15, -0.1) is 0 Å². The van der Waals surface area contributed by atoms with E-state index in [2.05, 4.69) is 44.9 Å². The summed E-state index contributed by atoms with van der Waals surface area (Å²) in [6.45, 7) is 12.4. The summed E-state index contributed by atoms with van der Waals surface area (Å²) in [5.74, 6) is 0. The Morgan fingerprint density at radius 3 is 1.17 bits per heavy atom. The predicted molar refractivity (Wildman–Crippen MR) is 52.2 cm³/mol. The standard InChI is InChI=1S/C6H18NO2Si2.Li/c1-10(2,3)8-7-9-11(4,5)6;/h1-6H3;/q-1;+1. The van der Waals surface area contributed by atoms with Crippen LogP contribution >= 0.6 is 0 Å². The van der Waals surface area contributed by atoms with Gasteiger partial charge in [0.1, 0.15) is 0 Å². The molecule has 0 aromatic carbocycles. The van der Waals surface area contributed by atoms with Crippen LogP contribution in [0, 0.1) is 0 Å². The van der Waals surface area contributed by atoms with E-state index in [0.29, 0.717) is 0 Å². The molecule has 0 amide bonds. The average Bonchev–Trinajstić information content (AvgIpc) is 1.55. The van der Waals surface area contributed by atoms with E-state index in [0.717, 1.165) is 0 Å². The molecule has 0 heterocycles. The summed E-state index contributed by atoms with van der Waals surface area (Å²) in [7, 11) is -3.05. The fourth-order valence-corrected chi connectivity index (χ4v) is 0.839. The number of hydrogen-bond donors (Lipinski definition) is 0. The summed E-state index contributed by atoms with van der Waals surface area (Å²) >= 11 is 0. The second kappa shape index (κ2) is 5.60. The fraction of sp³-hybridized carbons (Fsp3) is 1.00. The Labute approximate surface area is 89.6 Å². The van der Waals surface area contributed by atoms with Crippen molar-refractivity contribution in [2.75, 3.05) is 0 Å².